The van der Waals surface area contributed by atoms with Gasteiger partial charge in [0, 0.05) is 12.6 Å². The van der Waals surface area contributed by atoms with E-state index < -0.39 is 10.0 Å². The number of rotatable bonds is 7. The minimum absolute atomic E-state index is 0.276. The average molecular weight is 351 g/mol. The maximum absolute atomic E-state index is 12.3. The number of hydrogen-bond acceptors (Lipinski definition) is 4. The van der Waals surface area contributed by atoms with Gasteiger partial charge in [0.2, 0.25) is 10.0 Å². The van der Waals surface area contributed by atoms with Gasteiger partial charge in [-0.1, -0.05) is 25.4 Å². The summed E-state index contributed by atoms with van der Waals surface area (Å²) in [5, 5.41) is 0. The number of halogens is 1. The second-order valence-electron chi connectivity index (χ2n) is 5.94. The van der Waals surface area contributed by atoms with Gasteiger partial charge in [0.1, 0.15) is 4.21 Å². The zero-order valence-corrected chi connectivity index (χ0v) is 14.9. The fourth-order valence-corrected chi connectivity index (χ4v) is 5.33. The standard InChI is InChI=1S/C14H23ClN2O2S2/c1-11(2)9-12(17-7-3-4-8-17)10-16-21(18,19)14-6-5-13(15)20-14/h5-6,11-12,16H,3-4,7-10H2,1-2H3. The zero-order chi connectivity index (χ0) is 15.5. The predicted octanol–water partition coefficient (Wildman–Crippen LogP) is 3.19. The van der Waals surface area contributed by atoms with Gasteiger partial charge in [0.15, 0.2) is 0 Å². The van der Waals surface area contributed by atoms with Crippen LogP contribution >= 0.6 is 22.9 Å². The van der Waals surface area contributed by atoms with Crippen molar-refractivity contribution < 1.29 is 8.42 Å². The summed E-state index contributed by atoms with van der Waals surface area (Å²) < 4.78 is 28.1. The summed E-state index contributed by atoms with van der Waals surface area (Å²) in [6.45, 7) is 6.97. The van der Waals surface area contributed by atoms with Gasteiger partial charge in [-0.25, -0.2) is 13.1 Å². The molecule has 0 bridgehead atoms. The van der Waals surface area contributed by atoms with Gasteiger partial charge in [0.05, 0.1) is 4.34 Å². The highest BCUT2D eigenvalue weighted by Gasteiger charge is 2.25. The highest BCUT2D eigenvalue weighted by molar-refractivity contribution is 7.91. The zero-order valence-electron chi connectivity index (χ0n) is 12.5. The molecule has 0 amide bonds. The fraction of sp³-hybridized carbons (Fsp3) is 0.714. The number of sulfonamides is 1. The molecule has 2 heterocycles. The van der Waals surface area contributed by atoms with E-state index in [1.807, 2.05) is 0 Å². The molecule has 4 nitrogen and oxygen atoms in total. The van der Waals surface area contributed by atoms with Gasteiger partial charge >= 0.3 is 0 Å². The summed E-state index contributed by atoms with van der Waals surface area (Å²) in [4.78, 5) is 2.41. The Morgan fingerprint density at radius 1 is 1.33 bits per heavy atom. The van der Waals surface area contributed by atoms with Gasteiger partial charge in [-0.2, -0.15) is 0 Å². The second kappa shape index (κ2) is 7.42. The van der Waals surface area contributed by atoms with E-state index in [1.165, 1.54) is 12.8 Å². The summed E-state index contributed by atoms with van der Waals surface area (Å²) in [7, 11) is -3.44. The van der Waals surface area contributed by atoms with Crippen molar-refractivity contribution in [1.29, 1.82) is 0 Å². The van der Waals surface area contributed by atoms with Crippen LogP contribution < -0.4 is 4.72 Å². The number of likely N-dealkylation sites (tertiary alicyclic amines) is 1. The minimum atomic E-state index is -3.44. The van der Waals surface area contributed by atoms with Crippen molar-refractivity contribution in [3.63, 3.8) is 0 Å². The normalized spacial score (nSPS) is 18.5. The van der Waals surface area contributed by atoms with Gasteiger partial charge < -0.3 is 0 Å². The molecule has 1 aromatic rings. The van der Waals surface area contributed by atoms with E-state index in [1.54, 1.807) is 12.1 Å². The van der Waals surface area contributed by atoms with E-state index in [9.17, 15) is 8.42 Å². The van der Waals surface area contributed by atoms with Crippen molar-refractivity contribution in [2.45, 2.75) is 43.4 Å². The summed E-state index contributed by atoms with van der Waals surface area (Å²) in [5.41, 5.74) is 0. The Bertz CT molecular complexity index is 551. The van der Waals surface area contributed by atoms with Gasteiger partial charge in [-0.15, -0.1) is 11.3 Å². The Hall–Kier alpha value is -0.140. The molecule has 0 spiro atoms. The molecule has 1 N–H and O–H groups in total. The maximum atomic E-state index is 12.3. The largest absolute Gasteiger partial charge is 0.299 e. The van der Waals surface area contributed by atoms with Crippen LogP contribution in [0.2, 0.25) is 4.34 Å². The van der Waals surface area contributed by atoms with Crippen LogP contribution in [0.3, 0.4) is 0 Å². The van der Waals surface area contributed by atoms with Crippen LogP contribution in [0, 0.1) is 5.92 Å². The molecule has 0 radical (unpaired) electrons. The van der Waals surface area contributed by atoms with Crippen LogP contribution in [-0.4, -0.2) is 39.0 Å². The van der Waals surface area contributed by atoms with Gasteiger partial charge in [-0.05, 0) is 50.4 Å². The number of thiophene rings is 1. The lowest BCUT2D eigenvalue weighted by molar-refractivity contribution is 0.214. The molecule has 0 aliphatic carbocycles. The van der Waals surface area contributed by atoms with Crippen molar-refractivity contribution in [1.82, 2.24) is 9.62 Å². The van der Waals surface area contributed by atoms with Crippen LogP contribution in [0.15, 0.2) is 16.3 Å². The molecule has 7 heteroatoms. The Kier molecular flexibility index (Phi) is 6.08. The smallest absolute Gasteiger partial charge is 0.250 e. The number of nitrogens with zero attached hydrogens (tertiary/aromatic N) is 1. The molecule has 1 aliphatic rings. The van der Waals surface area contributed by atoms with Crippen LogP contribution in [-0.2, 0) is 10.0 Å². The Labute approximate surface area is 136 Å². The summed E-state index contributed by atoms with van der Waals surface area (Å²) in [6.07, 6.45) is 3.43. The van der Waals surface area contributed by atoms with Crippen molar-refractivity contribution in [3.05, 3.63) is 16.5 Å². The third-order valence-electron chi connectivity index (χ3n) is 3.72. The lowest BCUT2D eigenvalue weighted by atomic mass is 10.0. The van der Waals surface area contributed by atoms with E-state index in [-0.39, 0.29) is 10.3 Å². The molecule has 1 fully saturated rings. The molecule has 0 aromatic carbocycles. The van der Waals surface area contributed by atoms with E-state index >= 15 is 0 Å². The second-order valence-corrected chi connectivity index (χ2v) is 9.65. The lowest BCUT2D eigenvalue weighted by Gasteiger charge is -2.29. The number of hydrogen-bond donors (Lipinski definition) is 1. The first-order valence-corrected chi connectivity index (χ1v) is 10.1. The van der Waals surface area contributed by atoms with Gasteiger partial charge in [0.25, 0.3) is 0 Å². The molecular formula is C14H23ClN2O2S2. The third kappa shape index (κ3) is 4.93. The summed E-state index contributed by atoms with van der Waals surface area (Å²) in [6, 6.07) is 3.45. The van der Waals surface area contributed by atoms with Crippen molar-refractivity contribution in [2.24, 2.45) is 5.92 Å². The molecule has 1 aromatic heterocycles. The first-order valence-electron chi connectivity index (χ1n) is 7.37. The van der Waals surface area contributed by atoms with Crippen LogP contribution in [0.1, 0.15) is 33.1 Å². The van der Waals surface area contributed by atoms with Gasteiger partial charge in [-0.3, -0.25) is 4.90 Å². The van der Waals surface area contributed by atoms with Crippen LogP contribution in [0.25, 0.3) is 0 Å². The van der Waals surface area contributed by atoms with E-state index in [0.717, 1.165) is 30.8 Å². The average Bonchev–Trinajstić information content (AvgIpc) is 3.05. The third-order valence-corrected chi connectivity index (χ3v) is 6.87. The van der Waals surface area contributed by atoms with Crippen molar-refractivity contribution in [2.75, 3.05) is 19.6 Å². The Morgan fingerprint density at radius 3 is 2.52 bits per heavy atom. The number of nitrogens with one attached hydrogen (secondary N) is 1. The Morgan fingerprint density at radius 2 is 2.00 bits per heavy atom. The van der Waals surface area contributed by atoms with Crippen LogP contribution in [0.4, 0.5) is 0 Å². The molecular weight excluding hydrogens is 328 g/mol. The van der Waals surface area contributed by atoms with E-state index in [2.05, 4.69) is 23.5 Å². The SMILES string of the molecule is CC(C)CC(CNS(=O)(=O)c1ccc(Cl)s1)N1CCCC1. The fourth-order valence-electron chi connectivity index (χ4n) is 2.73. The molecule has 1 atom stereocenters. The first kappa shape index (κ1) is 17.2. The van der Waals surface area contributed by atoms with E-state index in [4.69, 9.17) is 11.6 Å². The molecule has 21 heavy (non-hydrogen) atoms. The highest BCUT2D eigenvalue weighted by Crippen LogP contribution is 2.25. The molecule has 1 saturated heterocycles. The maximum Gasteiger partial charge on any atom is 0.250 e. The topological polar surface area (TPSA) is 49.4 Å². The quantitative estimate of drug-likeness (QED) is 0.821. The first-order chi connectivity index (χ1) is 9.88. The molecule has 0 saturated carbocycles. The highest BCUT2D eigenvalue weighted by atomic mass is 35.5. The molecule has 1 unspecified atom stereocenters. The van der Waals surface area contributed by atoms with Crippen molar-refractivity contribution >= 4 is 33.0 Å². The molecule has 1 aliphatic heterocycles. The lowest BCUT2D eigenvalue weighted by Crippen LogP contribution is -2.43. The summed E-state index contributed by atoms with van der Waals surface area (Å²) in [5.74, 6) is 0.552. The molecule has 2 rings (SSSR count). The monoisotopic (exact) mass is 350 g/mol. The van der Waals surface area contributed by atoms with Crippen molar-refractivity contribution in [3.8, 4) is 0 Å². The Balaban J connectivity index is 2.00. The molecule has 120 valence electrons. The van der Waals surface area contributed by atoms with E-state index in [0.29, 0.717) is 16.8 Å². The van der Waals surface area contributed by atoms with Crippen LogP contribution in [0.5, 0.6) is 0 Å². The predicted molar refractivity (Wildman–Crippen MR) is 88.6 cm³/mol. The summed E-state index contributed by atoms with van der Waals surface area (Å²) >= 11 is 6.91. The minimum Gasteiger partial charge on any atom is -0.299 e.